The van der Waals surface area contributed by atoms with Crippen molar-refractivity contribution in [1.29, 1.82) is 0 Å². The van der Waals surface area contributed by atoms with Crippen LogP contribution in [-0.4, -0.2) is 40.5 Å². The summed E-state index contributed by atoms with van der Waals surface area (Å²) in [4.78, 5) is 12.4. The molecular formula is C18H23N3O3. The minimum atomic E-state index is -1.01. The number of para-hydroxylation sites is 1. The van der Waals surface area contributed by atoms with Crippen LogP contribution in [0.15, 0.2) is 42.6 Å². The van der Waals surface area contributed by atoms with Gasteiger partial charge in [-0.25, -0.2) is 4.68 Å². The van der Waals surface area contributed by atoms with Crippen LogP contribution >= 0.6 is 0 Å². The summed E-state index contributed by atoms with van der Waals surface area (Å²) in [7, 11) is 0. The number of nitrogens with zero attached hydrogens (tertiary/aromatic N) is 2. The number of nitrogens with one attached hydrogen (secondary N) is 1. The van der Waals surface area contributed by atoms with Crippen molar-refractivity contribution in [2.24, 2.45) is 0 Å². The molecule has 0 radical (unpaired) electrons. The van der Waals surface area contributed by atoms with E-state index in [2.05, 4.69) is 10.4 Å². The number of aromatic nitrogens is 2. The molecule has 1 saturated heterocycles. The molecular weight excluding hydrogens is 306 g/mol. The van der Waals surface area contributed by atoms with Gasteiger partial charge in [0, 0.05) is 25.4 Å². The van der Waals surface area contributed by atoms with Gasteiger partial charge in [-0.1, -0.05) is 18.2 Å². The Balaban J connectivity index is 1.59. The summed E-state index contributed by atoms with van der Waals surface area (Å²) in [6.07, 6.45) is 3.97. The minimum absolute atomic E-state index is 0.113. The third kappa shape index (κ3) is 3.94. The van der Waals surface area contributed by atoms with Gasteiger partial charge in [-0.2, -0.15) is 0 Å². The molecule has 2 aromatic rings. The Bertz CT molecular complexity index is 676. The second-order valence-corrected chi connectivity index (χ2v) is 6.39. The predicted octanol–water partition coefficient (Wildman–Crippen LogP) is 2.32. The maximum absolute atomic E-state index is 12.4. The second-order valence-electron chi connectivity index (χ2n) is 6.39. The molecule has 3 rings (SSSR count). The Morgan fingerprint density at radius 3 is 2.88 bits per heavy atom. The van der Waals surface area contributed by atoms with E-state index in [0.29, 0.717) is 12.4 Å². The van der Waals surface area contributed by atoms with Crippen molar-refractivity contribution in [3.63, 3.8) is 0 Å². The molecule has 1 atom stereocenters. The van der Waals surface area contributed by atoms with Crippen molar-refractivity contribution < 1.29 is 14.3 Å². The molecule has 1 fully saturated rings. The number of ether oxygens (including phenoxy) is 2. The van der Waals surface area contributed by atoms with Crippen LogP contribution in [0, 0.1) is 0 Å². The summed E-state index contributed by atoms with van der Waals surface area (Å²) in [6, 6.07) is 11.5. The Kier molecular flexibility index (Phi) is 4.85. The van der Waals surface area contributed by atoms with Gasteiger partial charge in [0.15, 0.2) is 5.60 Å². The summed E-state index contributed by atoms with van der Waals surface area (Å²) in [5, 5.41) is 7.28. The van der Waals surface area contributed by atoms with Gasteiger partial charge in [0.05, 0.1) is 11.8 Å². The molecule has 0 spiro atoms. The highest BCUT2D eigenvalue weighted by molar-refractivity contribution is 5.84. The summed E-state index contributed by atoms with van der Waals surface area (Å²) in [6.45, 7) is 4.76. The maximum Gasteiger partial charge on any atom is 0.263 e. The summed E-state index contributed by atoms with van der Waals surface area (Å²) >= 11 is 0. The molecule has 0 unspecified atom stereocenters. The van der Waals surface area contributed by atoms with E-state index < -0.39 is 5.60 Å². The summed E-state index contributed by atoms with van der Waals surface area (Å²) < 4.78 is 13.0. The Labute approximate surface area is 141 Å². The lowest BCUT2D eigenvalue weighted by Crippen LogP contribution is -2.48. The topological polar surface area (TPSA) is 65.4 Å². The van der Waals surface area contributed by atoms with Crippen molar-refractivity contribution in [3.05, 3.63) is 42.6 Å². The molecule has 2 heterocycles. The third-order valence-corrected chi connectivity index (χ3v) is 4.01. The molecule has 1 N–H and O–H groups in total. The number of benzene rings is 1. The molecule has 0 bridgehead atoms. The molecule has 1 aromatic carbocycles. The SMILES string of the molecule is CC(C)(Oc1ccn(-c2ccccc2)n1)C(=O)NC[C@H]1CCCO1. The summed E-state index contributed by atoms with van der Waals surface area (Å²) in [5.41, 5.74) is -0.0675. The van der Waals surface area contributed by atoms with Gasteiger partial charge >= 0.3 is 0 Å². The molecule has 1 aromatic heterocycles. The molecule has 24 heavy (non-hydrogen) atoms. The fourth-order valence-electron chi connectivity index (χ4n) is 2.62. The standard InChI is InChI=1S/C18H23N3O3/c1-18(2,17(22)19-13-15-9-6-12-23-15)24-16-10-11-21(20-16)14-7-4-3-5-8-14/h3-5,7-8,10-11,15H,6,9,12-13H2,1-2H3,(H,19,22)/t15-/m1/s1. The van der Waals surface area contributed by atoms with Gasteiger partial charge in [-0.05, 0) is 38.8 Å². The van der Waals surface area contributed by atoms with Gasteiger partial charge in [0.1, 0.15) is 0 Å². The van der Waals surface area contributed by atoms with Crippen LogP contribution in [0.5, 0.6) is 5.88 Å². The highest BCUT2D eigenvalue weighted by atomic mass is 16.5. The monoisotopic (exact) mass is 329 g/mol. The highest BCUT2D eigenvalue weighted by Gasteiger charge is 2.31. The zero-order valence-electron chi connectivity index (χ0n) is 14.1. The van der Waals surface area contributed by atoms with Gasteiger partial charge in [-0.3, -0.25) is 4.79 Å². The number of carbonyl (C=O) groups is 1. The van der Waals surface area contributed by atoms with Crippen LogP contribution in [0.4, 0.5) is 0 Å². The number of hydrogen-bond donors (Lipinski definition) is 1. The lowest BCUT2D eigenvalue weighted by molar-refractivity contribution is -0.134. The maximum atomic E-state index is 12.4. The first kappa shape index (κ1) is 16.5. The highest BCUT2D eigenvalue weighted by Crippen LogP contribution is 2.18. The molecule has 0 aliphatic carbocycles. The fourth-order valence-corrected chi connectivity index (χ4v) is 2.62. The first-order valence-corrected chi connectivity index (χ1v) is 8.24. The van der Waals surface area contributed by atoms with E-state index in [-0.39, 0.29) is 12.0 Å². The lowest BCUT2D eigenvalue weighted by Gasteiger charge is -2.24. The van der Waals surface area contributed by atoms with Crippen molar-refractivity contribution >= 4 is 5.91 Å². The van der Waals surface area contributed by atoms with E-state index in [1.807, 2.05) is 36.5 Å². The minimum Gasteiger partial charge on any atom is -0.460 e. The number of rotatable bonds is 6. The Morgan fingerprint density at radius 2 is 2.17 bits per heavy atom. The number of carbonyl (C=O) groups excluding carboxylic acids is 1. The number of hydrogen-bond acceptors (Lipinski definition) is 4. The molecule has 1 aliphatic heterocycles. The first-order chi connectivity index (χ1) is 11.5. The van der Waals surface area contributed by atoms with Crippen molar-refractivity contribution in [2.45, 2.75) is 38.4 Å². The van der Waals surface area contributed by atoms with Gasteiger partial charge in [-0.15, -0.1) is 5.10 Å². The largest absolute Gasteiger partial charge is 0.460 e. The zero-order valence-corrected chi connectivity index (χ0v) is 14.1. The summed E-state index contributed by atoms with van der Waals surface area (Å²) in [5.74, 6) is 0.239. The van der Waals surface area contributed by atoms with Crippen molar-refractivity contribution in [3.8, 4) is 11.6 Å². The molecule has 0 saturated carbocycles. The van der Waals surface area contributed by atoms with Crippen LogP contribution in [0.1, 0.15) is 26.7 Å². The number of amides is 1. The van der Waals surface area contributed by atoms with E-state index in [0.717, 1.165) is 25.1 Å². The molecule has 6 nitrogen and oxygen atoms in total. The predicted molar refractivity (Wildman–Crippen MR) is 90.3 cm³/mol. The van der Waals surface area contributed by atoms with Gasteiger partial charge in [0.2, 0.25) is 5.88 Å². The third-order valence-electron chi connectivity index (χ3n) is 4.01. The fraction of sp³-hybridized carbons (Fsp3) is 0.444. The zero-order chi connectivity index (χ0) is 17.0. The van der Waals surface area contributed by atoms with Crippen molar-refractivity contribution in [1.82, 2.24) is 15.1 Å². The van der Waals surface area contributed by atoms with E-state index in [9.17, 15) is 4.79 Å². The normalized spacial score (nSPS) is 17.7. The smallest absolute Gasteiger partial charge is 0.263 e. The molecule has 1 amide bonds. The Morgan fingerprint density at radius 1 is 1.38 bits per heavy atom. The first-order valence-electron chi connectivity index (χ1n) is 8.24. The van der Waals surface area contributed by atoms with Crippen LogP contribution in [0.25, 0.3) is 5.69 Å². The second kappa shape index (κ2) is 7.05. The molecule has 128 valence electrons. The van der Waals surface area contributed by atoms with Crippen LogP contribution < -0.4 is 10.1 Å². The molecule has 6 heteroatoms. The Hall–Kier alpha value is -2.34. The van der Waals surface area contributed by atoms with Gasteiger partial charge in [0.25, 0.3) is 5.91 Å². The van der Waals surface area contributed by atoms with Crippen LogP contribution in [-0.2, 0) is 9.53 Å². The van der Waals surface area contributed by atoms with Crippen molar-refractivity contribution in [2.75, 3.05) is 13.2 Å². The molecule has 1 aliphatic rings. The van der Waals surface area contributed by atoms with E-state index in [1.54, 1.807) is 24.6 Å². The van der Waals surface area contributed by atoms with E-state index in [4.69, 9.17) is 9.47 Å². The van der Waals surface area contributed by atoms with Crippen LogP contribution in [0.3, 0.4) is 0 Å². The quantitative estimate of drug-likeness (QED) is 0.883. The van der Waals surface area contributed by atoms with E-state index >= 15 is 0 Å². The van der Waals surface area contributed by atoms with Crippen LogP contribution in [0.2, 0.25) is 0 Å². The van der Waals surface area contributed by atoms with E-state index in [1.165, 1.54) is 0 Å². The average molecular weight is 329 g/mol. The lowest BCUT2D eigenvalue weighted by atomic mass is 10.1. The average Bonchev–Trinajstić information content (AvgIpc) is 3.24. The van der Waals surface area contributed by atoms with Gasteiger partial charge < -0.3 is 14.8 Å².